The largest absolute Gasteiger partial charge is 0.352 e. The van der Waals surface area contributed by atoms with Crippen LogP contribution < -0.4 is 11.5 Å². The third-order valence-corrected chi connectivity index (χ3v) is 0. The quantitative estimate of drug-likeness (QED) is 0.212. The van der Waals surface area contributed by atoms with Crippen LogP contribution in [0, 0.1) is 0 Å². The van der Waals surface area contributed by atoms with Gasteiger partial charge in [0.1, 0.15) is 0 Å². The minimum atomic E-state index is -0.833. The number of hydrogen-bond acceptors (Lipinski definition) is 1. The van der Waals surface area contributed by atoms with Crippen LogP contribution in [0.25, 0.3) is 0 Å². The summed E-state index contributed by atoms with van der Waals surface area (Å²) in [5, 5.41) is 0. The number of carbonyl (C=O) groups is 1. The van der Waals surface area contributed by atoms with Crippen LogP contribution in [-0.4, -0.2) is 6.03 Å². The highest BCUT2D eigenvalue weighted by Gasteiger charge is 1.60. The van der Waals surface area contributed by atoms with Gasteiger partial charge in [0, 0.05) is 0 Å². The van der Waals surface area contributed by atoms with Gasteiger partial charge in [0.05, 0.1) is 0 Å². The first kappa shape index (κ1) is 3.27. The molecule has 0 aromatic carbocycles. The van der Waals surface area contributed by atoms with Gasteiger partial charge in [-0.25, -0.2) is 4.79 Å². The highest BCUT2D eigenvalue weighted by molar-refractivity contribution is 5.69. The number of carbonyl (C=O) groups excluding carboxylic acids is 1. The van der Waals surface area contributed by atoms with Crippen LogP contribution in [0.2, 0.25) is 0 Å². The van der Waals surface area contributed by atoms with Crippen LogP contribution in [0.5, 0.6) is 0 Å². The number of rotatable bonds is 0. The molecule has 0 fully saturated rings. The van der Waals surface area contributed by atoms with Gasteiger partial charge in [-0.3, -0.25) is 0 Å². The van der Waals surface area contributed by atoms with E-state index in [1.54, 1.807) is 0 Å². The normalized spacial score (nSPS) is 6.00. The van der Waals surface area contributed by atoms with Crippen LogP contribution in [-0.2, 0) is 0 Å². The average Bonchev–Trinajstić information content (AvgIpc) is 0.811. The summed E-state index contributed by atoms with van der Waals surface area (Å²) in [6, 6.07) is -0.833. The lowest BCUT2D eigenvalue weighted by atomic mass is 12.2. The molecule has 0 spiro atoms. The summed E-state index contributed by atoms with van der Waals surface area (Å²) in [5.41, 5.74) is 8.50. The predicted molar refractivity (Wildman–Crippen MR) is 13.8 cm³/mol. The van der Waals surface area contributed by atoms with Crippen molar-refractivity contribution in [3.8, 4) is 0 Å². The molecule has 0 saturated heterocycles. The van der Waals surface area contributed by atoms with Crippen LogP contribution in [0.4, 0.5) is 4.79 Å². The van der Waals surface area contributed by atoms with E-state index in [1.807, 2.05) is 0 Å². The van der Waals surface area contributed by atoms with Gasteiger partial charge in [0.2, 0.25) is 0 Å². The molecule has 0 aliphatic carbocycles. The molecular formula is CH4N2O. The first-order valence-corrected chi connectivity index (χ1v) is 0.781. The first-order valence-electron chi connectivity index (χ1n) is 0.781. The molecule has 0 atom stereocenters. The van der Waals surface area contributed by atoms with Crippen molar-refractivity contribution in [2.24, 2.45) is 11.5 Å². The zero-order valence-electron chi connectivity index (χ0n) is 2.06. The standard InChI is InChI=1S/CH4N2O/c2-1(3)4/h(H4,2,3,4)/i1+1,2+1,3+1,4+2. The van der Waals surface area contributed by atoms with Crippen molar-refractivity contribution in [2.45, 2.75) is 0 Å². The van der Waals surface area contributed by atoms with Gasteiger partial charge in [-0.15, -0.1) is 0 Å². The van der Waals surface area contributed by atoms with Crippen molar-refractivity contribution in [2.75, 3.05) is 0 Å². The summed E-state index contributed by atoms with van der Waals surface area (Å²) in [7, 11) is 0. The molecule has 0 saturated carbocycles. The topological polar surface area (TPSA) is 69.1 Å². The van der Waals surface area contributed by atoms with E-state index < -0.39 is 6.03 Å². The van der Waals surface area contributed by atoms with E-state index in [0.717, 1.165) is 0 Å². The molecule has 0 heterocycles. The van der Waals surface area contributed by atoms with E-state index in [1.165, 1.54) is 0 Å². The average molecular weight is 65.0 g/mol. The summed E-state index contributed by atoms with van der Waals surface area (Å²) < 4.78 is 0. The molecule has 3 heteroatoms. The molecule has 0 aliphatic rings. The maximum Gasteiger partial charge on any atom is 0.309 e. The van der Waals surface area contributed by atoms with Crippen molar-refractivity contribution in [1.29, 1.82) is 0 Å². The predicted octanol–water partition coefficient (Wildman–Crippen LogP) is -0.976. The molecule has 0 rings (SSSR count). The van der Waals surface area contributed by atoms with Crippen molar-refractivity contribution >= 4 is 6.03 Å². The summed E-state index contributed by atoms with van der Waals surface area (Å²) >= 11 is 0. The molecule has 3 nitrogen and oxygen atoms in total. The summed E-state index contributed by atoms with van der Waals surface area (Å²) in [5.74, 6) is 0. The lowest BCUT2D eigenvalue weighted by molar-refractivity contribution is 0.256. The molecule has 2 amide bonds. The summed E-state index contributed by atoms with van der Waals surface area (Å²) in [6.45, 7) is 0. The van der Waals surface area contributed by atoms with Crippen molar-refractivity contribution in [1.82, 2.24) is 0 Å². The van der Waals surface area contributed by atoms with Crippen LogP contribution in [0.1, 0.15) is 0 Å². The molecule has 0 aliphatic heterocycles. The van der Waals surface area contributed by atoms with Gasteiger partial charge in [-0.05, 0) is 0 Å². The Morgan fingerprint density at radius 2 is 1.50 bits per heavy atom. The second-order valence-electron chi connectivity index (χ2n) is 0.402. The lowest BCUT2D eigenvalue weighted by Gasteiger charge is -1.62. The van der Waals surface area contributed by atoms with E-state index >= 15 is 0 Å². The zero-order valence-corrected chi connectivity index (χ0v) is 2.06. The number of amides is 2. The van der Waals surface area contributed by atoms with E-state index in [4.69, 9.17) is 4.79 Å². The second-order valence-corrected chi connectivity index (χ2v) is 0.402. The molecule has 0 radical (unpaired) electrons. The highest BCUT2D eigenvalue weighted by Crippen LogP contribution is 1.25. The summed E-state index contributed by atoms with van der Waals surface area (Å²) in [4.78, 5) is 9.00. The first-order chi connectivity index (χ1) is 1.73. The van der Waals surface area contributed by atoms with Crippen molar-refractivity contribution < 1.29 is 4.79 Å². The van der Waals surface area contributed by atoms with Gasteiger partial charge in [0.25, 0.3) is 0 Å². The Balaban J connectivity index is 2.80. The lowest BCUT2D eigenvalue weighted by Crippen LogP contribution is -2.18. The molecule has 0 aromatic heterocycles. The fourth-order valence-corrected chi connectivity index (χ4v) is 0. The van der Waals surface area contributed by atoms with Gasteiger partial charge < -0.3 is 11.5 Å². The van der Waals surface area contributed by atoms with E-state index in [0.29, 0.717) is 0 Å². The Bertz CT molecular complexity index is 29.0. The maximum atomic E-state index is 9.00. The zero-order chi connectivity index (χ0) is 3.58. The van der Waals surface area contributed by atoms with Gasteiger partial charge in [0.15, 0.2) is 0 Å². The van der Waals surface area contributed by atoms with E-state index in [9.17, 15) is 0 Å². The number of primary amides is 2. The Kier molecular flexibility index (Phi) is 0.581. The molecule has 0 unspecified atom stereocenters. The fourth-order valence-electron chi connectivity index (χ4n) is 0. The third kappa shape index (κ3) is 0.174. The Labute approximate surface area is 23.6 Å². The molecule has 0 bridgehead atoms. The van der Waals surface area contributed by atoms with E-state index in [-0.39, 0.29) is 0 Å². The Morgan fingerprint density at radius 3 is 1.50 bits per heavy atom. The smallest absolute Gasteiger partial charge is 0.309 e. The van der Waals surface area contributed by atoms with E-state index in [2.05, 4.69) is 11.5 Å². The molecular weight excluding hydrogens is 61.0 g/mol. The van der Waals surface area contributed by atoms with Crippen LogP contribution in [0.15, 0.2) is 0 Å². The number of urea groups is 1. The Morgan fingerprint density at radius 1 is 1.50 bits per heavy atom. The maximum absolute atomic E-state index is 9.00. The van der Waals surface area contributed by atoms with Gasteiger partial charge >= 0.3 is 6.03 Å². The SMILES string of the molecule is [15NH2][13C]([15NH2])=[18O]. The minimum Gasteiger partial charge on any atom is -0.352 e. The van der Waals surface area contributed by atoms with Gasteiger partial charge in [-0.1, -0.05) is 0 Å². The van der Waals surface area contributed by atoms with Crippen molar-refractivity contribution in [3.05, 3.63) is 0 Å². The molecule has 4 heavy (non-hydrogen) atoms. The highest BCUT2D eigenvalue weighted by atomic mass is 18.1. The monoisotopic (exact) mass is 65.0 g/mol. The molecule has 24 valence electrons. The summed E-state index contributed by atoms with van der Waals surface area (Å²) in [6.07, 6.45) is 0. The van der Waals surface area contributed by atoms with Crippen LogP contribution >= 0.6 is 0 Å². The fraction of sp³-hybridized carbons (Fsp3) is 0. The number of nitrogens with two attached hydrogens (primary N) is 2. The van der Waals surface area contributed by atoms with Crippen molar-refractivity contribution in [3.63, 3.8) is 0 Å². The minimum absolute atomic E-state index is 0.833. The molecule has 0 aromatic rings. The third-order valence-electron chi connectivity index (χ3n) is 0. The van der Waals surface area contributed by atoms with Gasteiger partial charge in [-0.2, -0.15) is 0 Å². The van der Waals surface area contributed by atoms with Crippen LogP contribution in [0.3, 0.4) is 0 Å². The number of hydrogen-bond donors (Lipinski definition) is 2. The second kappa shape index (κ2) is 0.711. The Hall–Kier alpha value is -0.730. The molecule has 4 N–H and O–H groups in total.